The van der Waals surface area contributed by atoms with Crippen molar-refractivity contribution in [3.63, 3.8) is 0 Å². The summed E-state index contributed by atoms with van der Waals surface area (Å²) in [6, 6.07) is 5.69. The number of fused-ring (bicyclic) bond motifs is 1. The Bertz CT molecular complexity index is 538. The van der Waals surface area contributed by atoms with Crippen LogP contribution in [0.4, 0.5) is 4.39 Å². The number of halogens is 1. The maximum Gasteiger partial charge on any atom is 0.152 e. The van der Waals surface area contributed by atoms with E-state index in [-0.39, 0.29) is 5.82 Å². The van der Waals surface area contributed by atoms with E-state index >= 15 is 0 Å². The SMILES string of the molecule is NC1(c2ccc3cc[nH]c3c2F)CCCCC1. The van der Waals surface area contributed by atoms with Gasteiger partial charge in [-0.1, -0.05) is 31.4 Å². The Morgan fingerprint density at radius 2 is 1.88 bits per heavy atom. The smallest absolute Gasteiger partial charge is 0.152 e. The zero-order valence-corrected chi connectivity index (χ0v) is 9.80. The second-order valence-electron chi connectivity index (χ2n) is 5.09. The van der Waals surface area contributed by atoms with Gasteiger partial charge in [-0.25, -0.2) is 4.39 Å². The van der Waals surface area contributed by atoms with Crippen LogP contribution in [0.15, 0.2) is 24.4 Å². The van der Waals surface area contributed by atoms with Crippen LogP contribution in [0.3, 0.4) is 0 Å². The summed E-state index contributed by atoms with van der Waals surface area (Å²) in [5.74, 6) is -0.170. The Morgan fingerprint density at radius 1 is 1.12 bits per heavy atom. The Balaban J connectivity index is 2.12. The first-order chi connectivity index (χ1) is 8.21. The Kier molecular flexibility index (Phi) is 2.44. The lowest BCUT2D eigenvalue weighted by molar-refractivity contribution is 0.293. The molecule has 1 aromatic carbocycles. The molecule has 3 rings (SSSR count). The van der Waals surface area contributed by atoms with Crippen molar-refractivity contribution in [3.8, 4) is 0 Å². The van der Waals surface area contributed by atoms with Gasteiger partial charge in [-0.05, 0) is 18.9 Å². The van der Waals surface area contributed by atoms with Gasteiger partial charge >= 0.3 is 0 Å². The highest BCUT2D eigenvalue weighted by Gasteiger charge is 2.32. The Labute approximate surface area is 100 Å². The minimum Gasteiger partial charge on any atom is -0.359 e. The topological polar surface area (TPSA) is 41.8 Å². The zero-order valence-electron chi connectivity index (χ0n) is 9.80. The lowest BCUT2D eigenvalue weighted by Crippen LogP contribution is -2.39. The van der Waals surface area contributed by atoms with Crippen molar-refractivity contribution in [3.05, 3.63) is 35.8 Å². The van der Waals surface area contributed by atoms with Crippen LogP contribution in [0.1, 0.15) is 37.7 Å². The molecule has 1 aromatic heterocycles. The van der Waals surface area contributed by atoms with Gasteiger partial charge in [0.2, 0.25) is 0 Å². The molecule has 1 saturated carbocycles. The summed E-state index contributed by atoms with van der Waals surface area (Å²) in [6.45, 7) is 0. The Hall–Kier alpha value is -1.35. The molecular weight excluding hydrogens is 215 g/mol. The molecule has 2 aromatic rings. The predicted molar refractivity (Wildman–Crippen MR) is 67.2 cm³/mol. The molecule has 1 heterocycles. The van der Waals surface area contributed by atoms with Crippen molar-refractivity contribution < 1.29 is 4.39 Å². The average Bonchev–Trinajstić information content (AvgIpc) is 2.79. The predicted octanol–water partition coefficient (Wildman–Crippen LogP) is 3.43. The van der Waals surface area contributed by atoms with Gasteiger partial charge in [-0.15, -0.1) is 0 Å². The van der Waals surface area contributed by atoms with Crippen molar-refractivity contribution in [1.29, 1.82) is 0 Å². The number of H-pyrrole nitrogens is 1. The fraction of sp³-hybridized carbons (Fsp3) is 0.429. The fourth-order valence-corrected chi connectivity index (χ4v) is 2.93. The second-order valence-corrected chi connectivity index (χ2v) is 5.09. The molecule has 1 aliphatic rings. The highest BCUT2D eigenvalue weighted by Crippen LogP contribution is 2.37. The van der Waals surface area contributed by atoms with E-state index in [1.54, 1.807) is 6.20 Å². The van der Waals surface area contributed by atoms with Crippen molar-refractivity contribution in [2.24, 2.45) is 5.73 Å². The number of hydrogen-bond acceptors (Lipinski definition) is 1. The number of benzene rings is 1. The van der Waals surface area contributed by atoms with E-state index in [1.807, 2.05) is 18.2 Å². The zero-order chi connectivity index (χ0) is 11.9. The minimum atomic E-state index is -0.471. The van der Waals surface area contributed by atoms with Gasteiger partial charge in [-0.3, -0.25) is 0 Å². The van der Waals surface area contributed by atoms with Crippen LogP contribution in [0, 0.1) is 5.82 Å². The second kappa shape index (κ2) is 3.84. The molecule has 0 unspecified atom stereocenters. The molecule has 0 radical (unpaired) electrons. The van der Waals surface area contributed by atoms with E-state index in [4.69, 9.17) is 5.73 Å². The molecule has 90 valence electrons. The lowest BCUT2D eigenvalue weighted by Gasteiger charge is -2.34. The van der Waals surface area contributed by atoms with Gasteiger partial charge in [0.05, 0.1) is 5.52 Å². The van der Waals surface area contributed by atoms with Crippen molar-refractivity contribution in [2.75, 3.05) is 0 Å². The molecule has 0 spiro atoms. The lowest BCUT2D eigenvalue weighted by atomic mass is 9.77. The van der Waals surface area contributed by atoms with Crippen LogP contribution < -0.4 is 5.73 Å². The number of nitrogens with two attached hydrogens (primary N) is 1. The maximum absolute atomic E-state index is 14.4. The van der Waals surface area contributed by atoms with Crippen molar-refractivity contribution in [1.82, 2.24) is 4.98 Å². The summed E-state index contributed by atoms with van der Waals surface area (Å²) >= 11 is 0. The summed E-state index contributed by atoms with van der Waals surface area (Å²) < 4.78 is 14.4. The summed E-state index contributed by atoms with van der Waals surface area (Å²) in [6.07, 6.45) is 6.94. The van der Waals surface area contributed by atoms with Gasteiger partial charge in [0.15, 0.2) is 5.82 Å². The quantitative estimate of drug-likeness (QED) is 0.777. The van der Waals surface area contributed by atoms with Gasteiger partial charge in [0, 0.05) is 22.7 Å². The first-order valence-electron chi connectivity index (χ1n) is 6.26. The maximum atomic E-state index is 14.4. The molecule has 3 N–H and O–H groups in total. The van der Waals surface area contributed by atoms with E-state index in [1.165, 1.54) is 6.42 Å². The largest absolute Gasteiger partial charge is 0.359 e. The van der Waals surface area contributed by atoms with Crippen LogP contribution >= 0.6 is 0 Å². The molecule has 2 nitrogen and oxygen atoms in total. The average molecular weight is 232 g/mol. The van der Waals surface area contributed by atoms with Crippen molar-refractivity contribution >= 4 is 10.9 Å². The molecule has 0 atom stereocenters. The van der Waals surface area contributed by atoms with E-state index in [0.29, 0.717) is 11.1 Å². The summed E-state index contributed by atoms with van der Waals surface area (Å²) in [5, 5.41) is 0.908. The monoisotopic (exact) mass is 232 g/mol. The summed E-state index contributed by atoms with van der Waals surface area (Å²) in [5.41, 5.74) is 7.17. The Morgan fingerprint density at radius 3 is 2.65 bits per heavy atom. The molecule has 0 amide bonds. The van der Waals surface area contributed by atoms with Crippen LogP contribution in [0.25, 0.3) is 10.9 Å². The van der Waals surface area contributed by atoms with Gasteiger partial charge in [0.1, 0.15) is 0 Å². The molecule has 3 heteroatoms. The number of nitrogens with one attached hydrogen (secondary N) is 1. The first-order valence-corrected chi connectivity index (χ1v) is 6.26. The molecule has 17 heavy (non-hydrogen) atoms. The van der Waals surface area contributed by atoms with E-state index in [9.17, 15) is 4.39 Å². The van der Waals surface area contributed by atoms with Crippen LogP contribution in [0.2, 0.25) is 0 Å². The van der Waals surface area contributed by atoms with Crippen LogP contribution in [-0.4, -0.2) is 4.98 Å². The summed E-state index contributed by atoms with van der Waals surface area (Å²) in [4.78, 5) is 2.95. The summed E-state index contributed by atoms with van der Waals surface area (Å²) in [7, 11) is 0. The van der Waals surface area contributed by atoms with Crippen LogP contribution in [0.5, 0.6) is 0 Å². The molecular formula is C14H17FN2. The van der Waals surface area contributed by atoms with E-state index in [0.717, 1.165) is 31.1 Å². The molecule has 1 aliphatic carbocycles. The standard InChI is InChI=1S/C14H17FN2/c15-12-11(14(16)7-2-1-3-8-14)5-4-10-6-9-17-13(10)12/h4-6,9,17H,1-3,7-8,16H2. The molecule has 1 fully saturated rings. The third kappa shape index (κ3) is 1.65. The van der Waals surface area contributed by atoms with E-state index in [2.05, 4.69) is 4.98 Å². The third-order valence-electron chi connectivity index (χ3n) is 3.95. The van der Waals surface area contributed by atoms with Gasteiger partial charge < -0.3 is 10.7 Å². The highest BCUT2D eigenvalue weighted by atomic mass is 19.1. The molecule has 0 bridgehead atoms. The number of aromatic nitrogens is 1. The van der Waals surface area contributed by atoms with E-state index < -0.39 is 5.54 Å². The number of hydrogen-bond donors (Lipinski definition) is 2. The minimum absolute atomic E-state index is 0.170. The van der Waals surface area contributed by atoms with Gasteiger partial charge in [-0.2, -0.15) is 0 Å². The van der Waals surface area contributed by atoms with Gasteiger partial charge in [0.25, 0.3) is 0 Å². The fourth-order valence-electron chi connectivity index (χ4n) is 2.93. The third-order valence-corrected chi connectivity index (χ3v) is 3.95. The van der Waals surface area contributed by atoms with Crippen molar-refractivity contribution in [2.45, 2.75) is 37.6 Å². The van der Waals surface area contributed by atoms with Crippen LogP contribution in [-0.2, 0) is 5.54 Å². The highest BCUT2D eigenvalue weighted by molar-refractivity contribution is 5.81. The first kappa shape index (κ1) is 10.8. The number of rotatable bonds is 1. The normalized spacial score (nSPS) is 19.6. The number of aromatic amines is 1. The molecule has 0 saturated heterocycles. The molecule has 0 aliphatic heterocycles.